The highest BCUT2D eigenvalue weighted by Gasteiger charge is 2.17. The van der Waals surface area contributed by atoms with Crippen molar-refractivity contribution in [2.75, 3.05) is 7.11 Å². The second-order valence-corrected chi connectivity index (χ2v) is 6.29. The number of nitrogens with zero attached hydrogens (tertiary/aromatic N) is 1. The van der Waals surface area contributed by atoms with Crippen LogP contribution < -0.4 is 10.1 Å². The third-order valence-corrected chi connectivity index (χ3v) is 4.33. The second kappa shape index (κ2) is 8.34. The predicted molar refractivity (Wildman–Crippen MR) is 102 cm³/mol. The first-order valence-corrected chi connectivity index (χ1v) is 8.70. The van der Waals surface area contributed by atoms with Gasteiger partial charge in [0.05, 0.1) is 24.6 Å². The Bertz CT molecular complexity index is 858. The van der Waals surface area contributed by atoms with E-state index in [-0.39, 0.29) is 11.9 Å². The summed E-state index contributed by atoms with van der Waals surface area (Å²) in [5.74, 6) is 0.608. The van der Waals surface area contributed by atoms with Crippen LogP contribution in [0.5, 0.6) is 5.75 Å². The molecule has 0 saturated heterocycles. The standard InChI is InChI=1S/C21H23N3O2/c1-15(11-12-16-7-4-3-5-8-16)23-21(25)19-14-22-24-20(19)17-9-6-10-18(13-17)26-2/h3-10,13-15H,11-12H2,1-2H3,(H,22,24)(H,23,25)/t15-/m1/s1. The normalized spacial score (nSPS) is 11.8. The van der Waals surface area contributed by atoms with Crippen LogP contribution in [0.1, 0.15) is 29.3 Å². The molecule has 0 fully saturated rings. The van der Waals surface area contributed by atoms with E-state index in [2.05, 4.69) is 27.6 Å². The maximum Gasteiger partial charge on any atom is 0.255 e. The van der Waals surface area contributed by atoms with Gasteiger partial charge in [-0.1, -0.05) is 42.5 Å². The molecule has 1 atom stereocenters. The van der Waals surface area contributed by atoms with Gasteiger partial charge >= 0.3 is 0 Å². The number of amides is 1. The number of benzene rings is 2. The highest BCUT2D eigenvalue weighted by Crippen LogP contribution is 2.25. The molecular formula is C21H23N3O2. The van der Waals surface area contributed by atoms with Crippen molar-refractivity contribution >= 4 is 5.91 Å². The highest BCUT2D eigenvalue weighted by atomic mass is 16.5. The lowest BCUT2D eigenvalue weighted by Crippen LogP contribution is -2.33. The Morgan fingerprint density at radius 1 is 1.19 bits per heavy atom. The fourth-order valence-electron chi connectivity index (χ4n) is 2.86. The molecule has 3 aromatic rings. The van der Waals surface area contributed by atoms with Crippen LogP contribution in [-0.2, 0) is 6.42 Å². The molecule has 0 bridgehead atoms. The third kappa shape index (κ3) is 4.30. The van der Waals surface area contributed by atoms with E-state index in [0.29, 0.717) is 11.3 Å². The van der Waals surface area contributed by atoms with Crippen LogP contribution in [0.3, 0.4) is 0 Å². The Morgan fingerprint density at radius 3 is 2.77 bits per heavy atom. The molecule has 2 N–H and O–H groups in total. The lowest BCUT2D eigenvalue weighted by atomic mass is 10.0. The van der Waals surface area contributed by atoms with E-state index in [1.807, 2.05) is 49.4 Å². The van der Waals surface area contributed by atoms with Crippen molar-refractivity contribution in [3.05, 3.63) is 71.9 Å². The number of aromatic nitrogens is 2. The second-order valence-electron chi connectivity index (χ2n) is 6.29. The minimum atomic E-state index is -0.128. The van der Waals surface area contributed by atoms with Crippen molar-refractivity contribution in [3.8, 4) is 17.0 Å². The number of carbonyl (C=O) groups is 1. The van der Waals surface area contributed by atoms with Crippen LogP contribution in [0.2, 0.25) is 0 Å². The summed E-state index contributed by atoms with van der Waals surface area (Å²) in [4.78, 5) is 12.7. The number of methoxy groups -OCH3 is 1. The van der Waals surface area contributed by atoms with E-state index in [9.17, 15) is 4.79 Å². The molecule has 0 aliphatic carbocycles. The summed E-state index contributed by atoms with van der Waals surface area (Å²) in [5, 5.41) is 10.0. The van der Waals surface area contributed by atoms with Gasteiger partial charge in [0, 0.05) is 11.6 Å². The summed E-state index contributed by atoms with van der Waals surface area (Å²) in [5.41, 5.74) is 3.36. The Hall–Kier alpha value is -3.08. The summed E-state index contributed by atoms with van der Waals surface area (Å²) < 4.78 is 5.26. The van der Waals surface area contributed by atoms with Crippen molar-refractivity contribution < 1.29 is 9.53 Å². The monoisotopic (exact) mass is 349 g/mol. The molecule has 5 heteroatoms. The van der Waals surface area contributed by atoms with Crippen LogP contribution in [0, 0.1) is 0 Å². The average molecular weight is 349 g/mol. The first-order valence-electron chi connectivity index (χ1n) is 8.70. The summed E-state index contributed by atoms with van der Waals surface area (Å²) in [6, 6.07) is 17.9. The van der Waals surface area contributed by atoms with Gasteiger partial charge in [-0.3, -0.25) is 9.89 Å². The van der Waals surface area contributed by atoms with Gasteiger partial charge < -0.3 is 10.1 Å². The number of rotatable bonds is 7. The predicted octanol–water partition coefficient (Wildman–Crippen LogP) is 3.84. The molecule has 1 aromatic heterocycles. The number of nitrogens with one attached hydrogen (secondary N) is 2. The number of hydrogen-bond acceptors (Lipinski definition) is 3. The first-order chi connectivity index (χ1) is 12.7. The molecule has 3 rings (SSSR count). The Kier molecular flexibility index (Phi) is 5.69. The van der Waals surface area contributed by atoms with Crippen LogP contribution >= 0.6 is 0 Å². The Balaban J connectivity index is 1.66. The van der Waals surface area contributed by atoms with Crippen LogP contribution in [0.15, 0.2) is 60.8 Å². The number of aromatic amines is 1. The number of ether oxygens (including phenoxy) is 1. The van der Waals surface area contributed by atoms with Gasteiger partial charge in [0.1, 0.15) is 5.75 Å². The van der Waals surface area contributed by atoms with Gasteiger partial charge in [-0.25, -0.2) is 0 Å². The Labute approximate surface area is 153 Å². The molecule has 0 spiro atoms. The van der Waals surface area contributed by atoms with Gasteiger partial charge in [-0.2, -0.15) is 5.10 Å². The quantitative estimate of drug-likeness (QED) is 0.681. The topological polar surface area (TPSA) is 67.0 Å². The number of H-pyrrole nitrogens is 1. The fourth-order valence-corrected chi connectivity index (χ4v) is 2.86. The largest absolute Gasteiger partial charge is 0.497 e. The highest BCUT2D eigenvalue weighted by molar-refractivity contribution is 5.99. The minimum absolute atomic E-state index is 0.0655. The molecule has 2 aromatic carbocycles. The molecule has 0 unspecified atom stereocenters. The zero-order valence-corrected chi connectivity index (χ0v) is 15.0. The molecule has 134 valence electrons. The zero-order chi connectivity index (χ0) is 18.4. The van der Waals surface area contributed by atoms with Crippen LogP contribution in [0.4, 0.5) is 0 Å². The zero-order valence-electron chi connectivity index (χ0n) is 15.0. The molecule has 0 saturated carbocycles. The maximum atomic E-state index is 12.7. The molecular weight excluding hydrogens is 326 g/mol. The average Bonchev–Trinajstić information content (AvgIpc) is 3.17. The maximum absolute atomic E-state index is 12.7. The molecule has 1 amide bonds. The van der Waals surface area contributed by atoms with E-state index in [0.717, 1.165) is 24.2 Å². The van der Waals surface area contributed by atoms with Crippen molar-refractivity contribution in [1.82, 2.24) is 15.5 Å². The van der Waals surface area contributed by atoms with Gasteiger partial charge in [0.25, 0.3) is 5.91 Å². The van der Waals surface area contributed by atoms with E-state index in [4.69, 9.17) is 4.74 Å². The lowest BCUT2D eigenvalue weighted by Gasteiger charge is -2.14. The summed E-state index contributed by atoms with van der Waals surface area (Å²) in [6.07, 6.45) is 3.37. The number of carbonyl (C=O) groups excluding carboxylic acids is 1. The van der Waals surface area contributed by atoms with E-state index >= 15 is 0 Å². The van der Waals surface area contributed by atoms with Gasteiger partial charge in [-0.05, 0) is 37.5 Å². The molecule has 0 radical (unpaired) electrons. The molecule has 1 heterocycles. The first kappa shape index (κ1) is 17.7. The van der Waals surface area contributed by atoms with Gasteiger partial charge in [0.2, 0.25) is 0 Å². The lowest BCUT2D eigenvalue weighted by molar-refractivity contribution is 0.0939. The van der Waals surface area contributed by atoms with Gasteiger partial charge in [-0.15, -0.1) is 0 Å². The van der Waals surface area contributed by atoms with Gasteiger partial charge in [0.15, 0.2) is 0 Å². The summed E-state index contributed by atoms with van der Waals surface area (Å²) in [6.45, 7) is 2.02. The van der Waals surface area contributed by atoms with Crippen molar-refractivity contribution in [2.45, 2.75) is 25.8 Å². The summed E-state index contributed by atoms with van der Waals surface area (Å²) >= 11 is 0. The molecule has 0 aliphatic heterocycles. The Morgan fingerprint density at radius 2 is 2.00 bits per heavy atom. The van der Waals surface area contributed by atoms with E-state index in [1.165, 1.54) is 5.56 Å². The molecule has 26 heavy (non-hydrogen) atoms. The van der Waals surface area contributed by atoms with Crippen LogP contribution in [-0.4, -0.2) is 29.3 Å². The van der Waals surface area contributed by atoms with Crippen molar-refractivity contribution in [1.29, 1.82) is 0 Å². The minimum Gasteiger partial charge on any atom is -0.497 e. The van der Waals surface area contributed by atoms with Crippen LogP contribution in [0.25, 0.3) is 11.3 Å². The molecule has 0 aliphatic rings. The number of aryl methyl sites for hydroxylation is 1. The van der Waals surface area contributed by atoms with Crippen molar-refractivity contribution in [2.24, 2.45) is 0 Å². The summed E-state index contributed by atoms with van der Waals surface area (Å²) in [7, 11) is 1.62. The third-order valence-electron chi connectivity index (χ3n) is 4.33. The fraction of sp³-hybridized carbons (Fsp3) is 0.238. The van der Waals surface area contributed by atoms with Crippen molar-refractivity contribution in [3.63, 3.8) is 0 Å². The van der Waals surface area contributed by atoms with E-state index < -0.39 is 0 Å². The number of hydrogen-bond donors (Lipinski definition) is 2. The SMILES string of the molecule is COc1cccc(-c2[nH]ncc2C(=O)N[C@H](C)CCc2ccccc2)c1. The molecule has 5 nitrogen and oxygen atoms in total. The van der Waals surface area contributed by atoms with E-state index in [1.54, 1.807) is 13.3 Å². The smallest absolute Gasteiger partial charge is 0.255 e.